The monoisotopic (exact) mass is 236 g/mol. The Labute approximate surface area is 131 Å². The number of ether oxygens (including phenoxy) is 1. The van der Waals surface area contributed by atoms with Crippen molar-refractivity contribution in [1.82, 2.24) is 0 Å². The van der Waals surface area contributed by atoms with Crippen molar-refractivity contribution in [2.24, 2.45) is 0 Å². The van der Waals surface area contributed by atoms with E-state index < -0.39 is 23.6 Å². The van der Waals surface area contributed by atoms with Gasteiger partial charge in [0.05, 0.1) is 5.57 Å². The van der Waals surface area contributed by atoms with Crippen LogP contribution in [0.1, 0.15) is 33.1 Å². The molecule has 15 heavy (non-hydrogen) atoms. The molecule has 0 aliphatic carbocycles. The maximum absolute atomic E-state index is 11.5. The Bertz CT molecular complexity index is 296. The fourth-order valence-corrected chi connectivity index (χ4v) is 1.40. The summed E-state index contributed by atoms with van der Waals surface area (Å²) in [5.74, 6) is -1.71. The number of hydrogen-bond acceptors (Lipinski definition) is 4. The first-order chi connectivity index (χ1) is 6.57. The maximum Gasteiger partial charge on any atom is 1.00 e. The van der Waals surface area contributed by atoms with E-state index in [1.807, 2.05) is 6.92 Å². The molecule has 0 saturated carbocycles. The smallest absolute Gasteiger partial charge is 0.872 e. The molecule has 0 aromatic rings. The van der Waals surface area contributed by atoms with Crippen LogP contribution in [-0.2, 0) is 14.3 Å². The van der Waals surface area contributed by atoms with Crippen LogP contribution in [-0.4, -0.2) is 17.9 Å². The fraction of sp³-hybridized carbons (Fsp3) is 0.600. The number of Topliss-reactive ketones (excluding diaryl/α,β-unsaturated/α-hetero) is 1. The molecule has 1 unspecified atom stereocenters. The van der Waals surface area contributed by atoms with E-state index in [9.17, 15) is 14.7 Å². The van der Waals surface area contributed by atoms with Gasteiger partial charge in [-0.25, -0.2) is 4.79 Å². The third kappa shape index (κ3) is 3.67. The van der Waals surface area contributed by atoms with E-state index in [-0.39, 0.29) is 57.0 Å². The van der Waals surface area contributed by atoms with Crippen molar-refractivity contribution in [1.29, 1.82) is 0 Å². The van der Waals surface area contributed by atoms with Gasteiger partial charge < -0.3 is 9.84 Å². The van der Waals surface area contributed by atoms with Crippen molar-refractivity contribution < 1.29 is 70.8 Å². The molecule has 0 aromatic heterocycles. The SMILES string of the molecule is CCCCC1OC(=O)C(C(C)=O)=C1[O-].[K+]. The Morgan fingerprint density at radius 3 is 2.53 bits per heavy atom. The minimum Gasteiger partial charge on any atom is -0.872 e. The average molecular weight is 236 g/mol. The van der Waals surface area contributed by atoms with E-state index in [2.05, 4.69) is 0 Å². The van der Waals surface area contributed by atoms with Crippen molar-refractivity contribution in [3.63, 3.8) is 0 Å². The molecule has 0 aromatic carbocycles. The number of carbonyl (C=O) groups excluding carboxylic acids is 2. The molecule has 1 heterocycles. The maximum atomic E-state index is 11.5. The first-order valence-electron chi connectivity index (χ1n) is 4.71. The quantitative estimate of drug-likeness (QED) is 0.303. The minimum absolute atomic E-state index is 0. The molecule has 1 atom stereocenters. The normalized spacial score (nSPS) is 19.9. The summed E-state index contributed by atoms with van der Waals surface area (Å²) in [6.45, 7) is 3.19. The van der Waals surface area contributed by atoms with Crippen LogP contribution in [0, 0.1) is 0 Å². The number of esters is 1. The number of carbonyl (C=O) groups is 2. The van der Waals surface area contributed by atoms with E-state index in [4.69, 9.17) is 4.74 Å². The molecule has 0 bridgehead atoms. The largest absolute Gasteiger partial charge is 1.00 e. The predicted octanol–water partition coefficient (Wildman–Crippen LogP) is -2.69. The molecular formula is C10H13KO4. The molecule has 0 radical (unpaired) electrons. The molecule has 1 aliphatic rings. The molecule has 78 valence electrons. The number of cyclic esters (lactones) is 1. The van der Waals surface area contributed by atoms with Crippen LogP contribution in [0.25, 0.3) is 0 Å². The van der Waals surface area contributed by atoms with Crippen LogP contribution in [0.15, 0.2) is 11.3 Å². The average Bonchev–Trinajstić information content (AvgIpc) is 2.38. The molecule has 4 nitrogen and oxygen atoms in total. The molecule has 0 spiro atoms. The summed E-state index contributed by atoms with van der Waals surface area (Å²) in [7, 11) is 0. The topological polar surface area (TPSA) is 66.4 Å². The molecule has 0 N–H and O–H groups in total. The van der Waals surface area contributed by atoms with Gasteiger partial charge in [0, 0.05) is 0 Å². The van der Waals surface area contributed by atoms with E-state index in [1.54, 1.807) is 0 Å². The zero-order valence-electron chi connectivity index (χ0n) is 9.33. The summed E-state index contributed by atoms with van der Waals surface area (Å²) in [4.78, 5) is 22.0. The van der Waals surface area contributed by atoms with Gasteiger partial charge in [-0.05, 0) is 19.8 Å². The van der Waals surface area contributed by atoms with Gasteiger partial charge >= 0.3 is 57.4 Å². The Hall–Kier alpha value is 0.316. The van der Waals surface area contributed by atoms with Crippen LogP contribution in [0.2, 0.25) is 0 Å². The third-order valence-electron chi connectivity index (χ3n) is 2.16. The van der Waals surface area contributed by atoms with Gasteiger partial charge in [0.15, 0.2) is 5.78 Å². The van der Waals surface area contributed by atoms with E-state index >= 15 is 0 Å². The first-order valence-corrected chi connectivity index (χ1v) is 4.71. The first kappa shape index (κ1) is 15.3. The van der Waals surface area contributed by atoms with Gasteiger partial charge in [-0.15, -0.1) is 0 Å². The molecule has 0 fully saturated rings. The number of rotatable bonds is 4. The molecule has 1 rings (SSSR count). The number of hydrogen-bond donors (Lipinski definition) is 0. The van der Waals surface area contributed by atoms with Gasteiger partial charge in [0.25, 0.3) is 0 Å². The standard InChI is InChI=1S/C10H14O4.K/c1-3-4-5-7-9(12)8(6(2)11)10(13)14-7;/h7,12H,3-5H2,1-2H3;/q;+1/p-1. The Balaban J connectivity index is 0.00000196. The summed E-state index contributed by atoms with van der Waals surface area (Å²) >= 11 is 0. The van der Waals surface area contributed by atoms with Crippen LogP contribution in [0.5, 0.6) is 0 Å². The number of unbranched alkanes of at least 4 members (excludes halogenated alkanes) is 1. The Kier molecular flexibility index (Phi) is 6.95. The van der Waals surface area contributed by atoms with Crippen LogP contribution >= 0.6 is 0 Å². The number of ketones is 1. The summed E-state index contributed by atoms with van der Waals surface area (Å²) < 4.78 is 4.80. The van der Waals surface area contributed by atoms with Gasteiger partial charge in [0.2, 0.25) is 0 Å². The second kappa shape index (κ2) is 6.80. The second-order valence-electron chi connectivity index (χ2n) is 3.33. The Morgan fingerprint density at radius 2 is 2.13 bits per heavy atom. The van der Waals surface area contributed by atoms with Gasteiger partial charge in [-0.1, -0.05) is 19.1 Å². The van der Waals surface area contributed by atoms with Crippen molar-refractivity contribution >= 4 is 11.8 Å². The summed E-state index contributed by atoms with van der Waals surface area (Å²) in [5.41, 5.74) is -0.300. The van der Waals surface area contributed by atoms with Crippen molar-refractivity contribution in [3.8, 4) is 0 Å². The van der Waals surface area contributed by atoms with Crippen molar-refractivity contribution in [3.05, 3.63) is 11.3 Å². The summed E-state index contributed by atoms with van der Waals surface area (Å²) in [5, 5.41) is 11.5. The zero-order chi connectivity index (χ0) is 10.7. The van der Waals surface area contributed by atoms with Crippen LogP contribution in [0.3, 0.4) is 0 Å². The summed E-state index contributed by atoms with van der Waals surface area (Å²) in [6, 6.07) is 0. The van der Waals surface area contributed by atoms with Crippen molar-refractivity contribution in [2.75, 3.05) is 0 Å². The van der Waals surface area contributed by atoms with E-state index in [1.165, 1.54) is 6.92 Å². The predicted molar refractivity (Wildman–Crippen MR) is 47.1 cm³/mol. The van der Waals surface area contributed by atoms with Gasteiger partial charge in [-0.3, -0.25) is 4.79 Å². The molecule has 1 aliphatic heterocycles. The molecule has 5 heteroatoms. The third-order valence-corrected chi connectivity index (χ3v) is 2.16. The fourth-order valence-electron chi connectivity index (χ4n) is 1.40. The zero-order valence-corrected chi connectivity index (χ0v) is 12.5. The second-order valence-corrected chi connectivity index (χ2v) is 3.33. The molecular weight excluding hydrogens is 223 g/mol. The van der Waals surface area contributed by atoms with Crippen LogP contribution < -0.4 is 56.5 Å². The van der Waals surface area contributed by atoms with E-state index in [0.29, 0.717) is 6.42 Å². The minimum atomic E-state index is -0.761. The van der Waals surface area contributed by atoms with Crippen LogP contribution in [0.4, 0.5) is 0 Å². The van der Waals surface area contributed by atoms with Gasteiger partial charge in [0.1, 0.15) is 6.10 Å². The Morgan fingerprint density at radius 1 is 1.53 bits per heavy atom. The molecule has 0 saturated heterocycles. The van der Waals surface area contributed by atoms with E-state index in [0.717, 1.165) is 12.8 Å². The summed E-state index contributed by atoms with van der Waals surface area (Å²) in [6.07, 6.45) is 1.53. The molecule has 0 amide bonds. The van der Waals surface area contributed by atoms with Gasteiger partial charge in [-0.2, -0.15) is 0 Å². The van der Waals surface area contributed by atoms with Crippen molar-refractivity contribution in [2.45, 2.75) is 39.2 Å².